The fourth-order valence-corrected chi connectivity index (χ4v) is 10.1. The molecule has 0 bridgehead atoms. The molecule has 2 aromatic carbocycles. The number of nitrogens with one attached hydrogen (secondary N) is 1. The summed E-state index contributed by atoms with van der Waals surface area (Å²) < 4.78 is 0. The Morgan fingerprint density at radius 3 is 2.10 bits per heavy atom. The Labute approximate surface area is 260 Å². The van der Waals surface area contributed by atoms with Gasteiger partial charge in [0.25, 0.3) is 5.91 Å². The molecule has 230 valence electrons. The molecule has 2 aliphatic carbocycles. The summed E-state index contributed by atoms with van der Waals surface area (Å²) >= 11 is 1.59. The molecule has 1 amide bonds. The lowest BCUT2D eigenvalue weighted by molar-refractivity contribution is -0.139. The predicted molar refractivity (Wildman–Crippen MR) is 181 cm³/mol. The van der Waals surface area contributed by atoms with Gasteiger partial charge in [-0.15, -0.1) is 7.92 Å². The van der Waals surface area contributed by atoms with Gasteiger partial charge in [0.1, 0.15) is 6.04 Å². The number of hydrogen-bond donors (Lipinski definition) is 2. The van der Waals surface area contributed by atoms with Crippen LogP contribution < -0.4 is 5.32 Å². The van der Waals surface area contributed by atoms with Gasteiger partial charge in [-0.1, -0.05) is 94.5 Å². The van der Waals surface area contributed by atoms with Crippen LogP contribution in [0.2, 0.25) is 0 Å². The lowest BCUT2D eigenvalue weighted by atomic mass is 9.87. The van der Waals surface area contributed by atoms with E-state index in [-0.39, 0.29) is 13.8 Å². The fourth-order valence-electron chi connectivity index (χ4n) is 6.92. The third-order valence-corrected chi connectivity index (χ3v) is 12.8. The lowest BCUT2D eigenvalue weighted by Crippen LogP contribution is -2.41. The molecule has 1 atom stereocenters. The number of hydrogen-bond acceptors (Lipinski definition) is 3. The third-order valence-electron chi connectivity index (χ3n) is 9.54. The molecule has 0 aromatic heterocycles. The first-order valence-electron chi connectivity index (χ1n) is 16.4. The topological polar surface area (TPSA) is 66.4 Å². The highest BCUT2D eigenvalue weighted by molar-refractivity contribution is 7.98. The molecule has 6 heteroatoms. The Morgan fingerprint density at radius 2 is 1.52 bits per heavy atom. The van der Waals surface area contributed by atoms with E-state index in [2.05, 4.69) is 36.5 Å². The van der Waals surface area contributed by atoms with Crippen LogP contribution in [0.15, 0.2) is 42.5 Å². The van der Waals surface area contributed by atoms with Crippen LogP contribution in [0, 0.1) is 18.8 Å². The summed E-state index contributed by atoms with van der Waals surface area (Å²) in [6.07, 6.45) is 23.1. The van der Waals surface area contributed by atoms with Crippen LogP contribution in [0.3, 0.4) is 0 Å². The SMILES string of the molecule is CSCCC(NC(=O)c1ccc(CP(CCC2CCCCC2)CCC2CCCCC2)cc1-c1ccccc1C)C(=O)O. The van der Waals surface area contributed by atoms with E-state index in [1.165, 1.54) is 94.9 Å². The van der Waals surface area contributed by atoms with Gasteiger partial charge in [-0.25, -0.2) is 4.79 Å². The van der Waals surface area contributed by atoms with E-state index in [9.17, 15) is 14.7 Å². The van der Waals surface area contributed by atoms with E-state index >= 15 is 0 Å². The van der Waals surface area contributed by atoms with E-state index in [4.69, 9.17) is 0 Å². The predicted octanol–water partition coefficient (Wildman–Crippen LogP) is 9.52. The van der Waals surface area contributed by atoms with Crippen molar-refractivity contribution in [1.29, 1.82) is 0 Å². The Hall–Kier alpha value is -1.84. The summed E-state index contributed by atoms with van der Waals surface area (Å²) in [6.45, 7) is 2.09. The quantitative estimate of drug-likeness (QED) is 0.197. The number of carbonyl (C=O) groups excluding carboxylic acids is 1. The van der Waals surface area contributed by atoms with E-state index in [0.29, 0.717) is 17.7 Å². The number of aliphatic carboxylic acids is 1. The van der Waals surface area contributed by atoms with Crippen molar-refractivity contribution in [2.45, 2.75) is 103 Å². The molecule has 0 spiro atoms. The van der Waals surface area contributed by atoms with Crippen LogP contribution >= 0.6 is 19.7 Å². The second-order valence-corrected chi connectivity index (χ2v) is 16.2. The molecular formula is C36H52NO3PS. The highest BCUT2D eigenvalue weighted by Crippen LogP contribution is 2.45. The molecule has 4 rings (SSSR count). The molecule has 0 saturated heterocycles. The maximum atomic E-state index is 13.5. The Kier molecular flexibility index (Phi) is 13.7. The van der Waals surface area contributed by atoms with Gasteiger partial charge in [-0.3, -0.25) is 4.79 Å². The molecule has 2 aliphatic rings. The molecule has 2 aromatic rings. The molecule has 42 heavy (non-hydrogen) atoms. The van der Waals surface area contributed by atoms with Crippen molar-refractivity contribution in [1.82, 2.24) is 5.32 Å². The van der Waals surface area contributed by atoms with Gasteiger partial charge in [-0.05, 0) is 103 Å². The fraction of sp³-hybridized carbons (Fsp3) is 0.611. The molecule has 2 N–H and O–H groups in total. The van der Waals surface area contributed by atoms with Crippen molar-refractivity contribution in [2.24, 2.45) is 11.8 Å². The third kappa shape index (κ3) is 10.1. The van der Waals surface area contributed by atoms with E-state index in [0.717, 1.165) is 34.7 Å². The normalized spacial score (nSPS) is 17.3. The maximum absolute atomic E-state index is 13.5. The van der Waals surface area contributed by atoms with Gasteiger partial charge in [0.2, 0.25) is 0 Å². The first kappa shape index (κ1) is 33.1. The molecule has 2 fully saturated rings. The summed E-state index contributed by atoms with van der Waals surface area (Å²) in [5.74, 6) is 1.24. The van der Waals surface area contributed by atoms with Crippen molar-refractivity contribution in [3.05, 3.63) is 59.2 Å². The molecule has 4 nitrogen and oxygen atoms in total. The van der Waals surface area contributed by atoms with E-state index in [1.54, 1.807) is 11.8 Å². The number of carboxylic acids is 1. The monoisotopic (exact) mass is 609 g/mol. The summed E-state index contributed by atoms with van der Waals surface area (Å²) in [4.78, 5) is 25.4. The Balaban J connectivity index is 1.56. The van der Waals surface area contributed by atoms with E-state index in [1.807, 2.05) is 24.5 Å². The Morgan fingerprint density at radius 1 is 0.905 bits per heavy atom. The molecule has 0 heterocycles. The van der Waals surface area contributed by atoms with Gasteiger partial charge in [0.15, 0.2) is 0 Å². The number of thioether (sulfide) groups is 1. The van der Waals surface area contributed by atoms with Gasteiger partial charge < -0.3 is 10.4 Å². The molecule has 1 unspecified atom stereocenters. The minimum absolute atomic E-state index is 0.111. The van der Waals surface area contributed by atoms with Crippen molar-refractivity contribution in [3.63, 3.8) is 0 Å². The second kappa shape index (κ2) is 17.5. The smallest absolute Gasteiger partial charge is 0.326 e. The number of aryl methyl sites for hydroxylation is 1. The van der Waals surface area contributed by atoms with Crippen LogP contribution in [0.5, 0.6) is 0 Å². The largest absolute Gasteiger partial charge is 0.480 e. The van der Waals surface area contributed by atoms with Crippen LogP contribution in [0.25, 0.3) is 11.1 Å². The summed E-state index contributed by atoms with van der Waals surface area (Å²) in [5, 5.41) is 12.6. The maximum Gasteiger partial charge on any atom is 0.326 e. The zero-order valence-electron chi connectivity index (χ0n) is 25.9. The van der Waals surface area contributed by atoms with Crippen molar-refractivity contribution < 1.29 is 14.7 Å². The summed E-state index contributed by atoms with van der Waals surface area (Å²) in [6, 6.07) is 13.7. The van der Waals surface area contributed by atoms with Gasteiger partial charge >= 0.3 is 5.97 Å². The van der Waals surface area contributed by atoms with E-state index < -0.39 is 12.0 Å². The van der Waals surface area contributed by atoms with Crippen molar-refractivity contribution in [3.8, 4) is 11.1 Å². The van der Waals surface area contributed by atoms with Crippen LogP contribution in [-0.4, -0.2) is 47.4 Å². The number of carboxylic acid groups (broad SMARTS) is 1. The summed E-state index contributed by atoms with van der Waals surface area (Å²) in [5.41, 5.74) is 4.98. The van der Waals surface area contributed by atoms with Crippen LogP contribution in [0.1, 0.15) is 105 Å². The zero-order valence-corrected chi connectivity index (χ0v) is 27.6. The molecular weight excluding hydrogens is 557 g/mol. The van der Waals surface area contributed by atoms with Gasteiger partial charge in [0, 0.05) is 5.56 Å². The van der Waals surface area contributed by atoms with Crippen LogP contribution in [0.4, 0.5) is 0 Å². The number of benzene rings is 2. The number of carbonyl (C=O) groups is 2. The highest BCUT2D eigenvalue weighted by Gasteiger charge is 2.24. The average Bonchev–Trinajstić information content (AvgIpc) is 3.01. The summed E-state index contributed by atoms with van der Waals surface area (Å²) in [7, 11) is -0.111. The minimum atomic E-state index is -0.979. The zero-order chi connectivity index (χ0) is 29.7. The first-order valence-corrected chi connectivity index (χ1v) is 19.7. The Bertz CT molecular complexity index is 1120. The lowest BCUT2D eigenvalue weighted by Gasteiger charge is -2.27. The first-order chi connectivity index (χ1) is 20.4. The van der Waals surface area contributed by atoms with Gasteiger partial charge in [0.05, 0.1) is 0 Å². The van der Waals surface area contributed by atoms with Crippen molar-refractivity contribution >= 4 is 31.6 Å². The minimum Gasteiger partial charge on any atom is -0.480 e. The highest BCUT2D eigenvalue weighted by atomic mass is 32.2. The number of rotatable bonds is 15. The molecule has 2 saturated carbocycles. The van der Waals surface area contributed by atoms with Gasteiger partial charge in [-0.2, -0.15) is 11.8 Å². The standard InChI is InChI=1S/C36H52NO3PS/c1-27-11-9-10-16-31(27)33-25-30(17-18-32(33)35(38)37-34(36(39)40)21-24-42-2)26-41(22-19-28-12-5-3-6-13-28)23-20-29-14-7-4-8-15-29/h9-11,16-18,25,28-29,34H,3-8,12-15,19-24,26H2,1-2H3,(H,37,38)(H,39,40). The molecule has 0 radical (unpaired) electrons. The van der Waals surface area contributed by atoms with Crippen LogP contribution in [-0.2, 0) is 11.0 Å². The van der Waals surface area contributed by atoms with Crippen molar-refractivity contribution in [2.75, 3.05) is 24.3 Å². The average molecular weight is 610 g/mol. The number of amides is 1. The second-order valence-electron chi connectivity index (χ2n) is 12.7. The molecule has 0 aliphatic heterocycles.